The number of halogens is 1. The molecule has 3 aromatic rings. The van der Waals surface area contributed by atoms with Gasteiger partial charge in [-0.2, -0.15) is 8.42 Å². The molecular formula is C18H14FNO3S3. The normalized spacial score (nSPS) is 15.4. The summed E-state index contributed by atoms with van der Waals surface area (Å²) in [5.74, 6) is 1.89. The molecule has 0 saturated carbocycles. The highest BCUT2D eigenvalue weighted by Crippen LogP contribution is 2.45. The molecular weight excluding hydrogens is 393 g/mol. The third-order valence-electron chi connectivity index (χ3n) is 3.93. The second-order valence-electron chi connectivity index (χ2n) is 5.63. The summed E-state index contributed by atoms with van der Waals surface area (Å²) in [6.45, 7) is 0. The third kappa shape index (κ3) is 3.41. The average Bonchev–Trinajstić information content (AvgIpc) is 3.17. The lowest BCUT2D eigenvalue weighted by atomic mass is 10.2. The van der Waals surface area contributed by atoms with Gasteiger partial charge in [-0.05, 0) is 42.0 Å². The molecule has 0 radical (unpaired) electrons. The first-order valence-corrected chi connectivity index (χ1v) is 11.4. The van der Waals surface area contributed by atoms with Gasteiger partial charge in [0.15, 0.2) is 0 Å². The number of thioether (sulfide) groups is 2. The lowest BCUT2D eigenvalue weighted by Crippen LogP contribution is -2.11. The van der Waals surface area contributed by atoms with E-state index in [9.17, 15) is 12.8 Å². The van der Waals surface area contributed by atoms with Gasteiger partial charge in [0.25, 0.3) is 0 Å². The van der Waals surface area contributed by atoms with E-state index in [1.165, 1.54) is 18.3 Å². The average molecular weight is 408 g/mol. The van der Waals surface area contributed by atoms with Crippen molar-refractivity contribution in [3.05, 3.63) is 66.1 Å². The fraction of sp³-hybridized carbons (Fsp3) is 0.167. The Morgan fingerprint density at radius 1 is 1.04 bits per heavy atom. The molecule has 0 spiro atoms. The van der Waals surface area contributed by atoms with Crippen molar-refractivity contribution in [2.45, 2.75) is 9.48 Å². The fourth-order valence-corrected chi connectivity index (χ4v) is 6.72. The van der Waals surface area contributed by atoms with E-state index >= 15 is 0 Å². The van der Waals surface area contributed by atoms with Gasteiger partial charge >= 0.3 is 10.1 Å². The zero-order valence-electron chi connectivity index (χ0n) is 13.5. The zero-order valence-corrected chi connectivity index (χ0v) is 15.9. The standard InChI is InChI=1S/C18H14FNO3S3/c19-15-7-8-16(14-2-1-9-20-17(14)15)26(21,22)23-13-5-3-12(4-6-13)18-24-10-11-25-18/h1-9,18H,10-11H2. The van der Waals surface area contributed by atoms with Gasteiger partial charge in [-0.1, -0.05) is 12.1 Å². The van der Waals surface area contributed by atoms with Crippen LogP contribution in [0, 0.1) is 5.82 Å². The number of benzene rings is 2. The Morgan fingerprint density at radius 3 is 2.50 bits per heavy atom. The topological polar surface area (TPSA) is 56.3 Å². The molecule has 0 N–H and O–H groups in total. The van der Waals surface area contributed by atoms with Crippen molar-refractivity contribution in [2.24, 2.45) is 0 Å². The summed E-state index contributed by atoms with van der Waals surface area (Å²) >= 11 is 3.75. The quantitative estimate of drug-likeness (QED) is 0.588. The van der Waals surface area contributed by atoms with Crippen LogP contribution in [-0.2, 0) is 10.1 Å². The Hall–Kier alpha value is -1.77. The lowest BCUT2D eigenvalue weighted by molar-refractivity contribution is 0.487. The fourth-order valence-electron chi connectivity index (χ4n) is 2.73. The van der Waals surface area contributed by atoms with Gasteiger partial charge in [-0.15, -0.1) is 23.5 Å². The van der Waals surface area contributed by atoms with Crippen molar-refractivity contribution < 1.29 is 17.0 Å². The van der Waals surface area contributed by atoms with Gasteiger partial charge in [0, 0.05) is 23.1 Å². The molecule has 0 atom stereocenters. The molecule has 134 valence electrons. The minimum atomic E-state index is -4.11. The van der Waals surface area contributed by atoms with Crippen LogP contribution in [-0.4, -0.2) is 24.9 Å². The molecule has 1 aliphatic heterocycles. The summed E-state index contributed by atoms with van der Waals surface area (Å²) in [6, 6.07) is 12.4. The summed E-state index contributed by atoms with van der Waals surface area (Å²) in [7, 11) is -4.11. The van der Waals surface area contributed by atoms with E-state index in [1.54, 1.807) is 18.2 Å². The second kappa shape index (κ2) is 7.09. The van der Waals surface area contributed by atoms with Crippen LogP contribution in [0.2, 0.25) is 0 Å². The highest BCUT2D eigenvalue weighted by molar-refractivity contribution is 8.19. The minimum absolute atomic E-state index is 0.00260. The van der Waals surface area contributed by atoms with E-state index < -0.39 is 15.9 Å². The maximum Gasteiger partial charge on any atom is 0.339 e. The predicted molar refractivity (Wildman–Crippen MR) is 104 cm³/mol. The van der Waals surface area contributed by atoms with Crippen molar-refractivity contribution in [3.63, 3.8) is 0 Å². The highest BCUT2D eigenvalue weighted by Gasteiger charge is 2.22. The highest BCUT2D eigenvalue weighted by atomic mass is 32.2. The summed E-state index contributed by atoms with van der Waals surface area (Å²) in [5.41, 5.74) is 1.14. The maximum absolute atomic E-state index is 13.9. The van der Waals surface area contributed by atoms with Gasteiger partial charge in [-0.25, -0.2) is 4.39 Å². The lowest BCUT2D eigenvalue weighted by Gasteiger charge is -2.11. The Balaban J connectivity index is 1.64. The predicted octanol–water partition coefficient (Wildman–Crippen LogP) is 4.62. The number of hydrogen-bond acceptors (Lipinski definition) is 6. The van der Waals surface area contributed by atoms with Crippen LogP contribution in [0.15, 0.2) is 59.6 Å². The van der Waals surface area contributed by atoms with Crippen LogP contribution in [0.3, 0.4) is 0 Å². The molecule has 1 aliphatic rings. The van der Waals surface area contributed by atoms with Gasteiger partial charge < -0.3 is 4.18 Å². The van der Waals surface area contributed by atoms with Crippen LogP contribution in [0.5, 0.6) is 5.75 Å². The molecule has 0 unspecified atom stereocenters. The summed E-state index contributed by atoms with van der Waals surface area (Å²) < 4.78 is 44.9. The van der Waals surface area contributed by atoms with Gasteiger partial charge in [-0.3, -0.25) is 4.98 Å². The SMILES string of the molecule is O=S(=O)(Oc1ccc(C2SCCS2)cc1)c1ccc(F)c2ncccc12. The molecule has 0 bridgehead atoms. The first-order valence-electron chi connectivity index (χ1n) is 7.85. The van der Waals surface area contributed by atoms with Gasteiger partial charge in [0.2, 0.25) is 0 Å². The van der Waals surface area contributed by atoms with Gasteiger partial charge in [0.05, 0.1) is 4.58 Å². The van der Waals surface area contributed by atoms with Crippen LogP contribution in [0.4, 0.5) is 4.39 Å². The number of rotatable bonds is 4. The van der Waals surface area contributed by atoms with Crippen LogP contribution in [0.25, 0.3) is 10.9 Å². The Bertz CT molecular complexity index is 1050. The molecule has 2 aromatic carbocycles. The van der Waals surface area contributed by atoms with E-state index in [0.717, 1.165) is 23.1 Å². The molecule has 8 heteroatoms. The molecule has 0 amide bonds. The molecule has 4 nitrogen and oxygen atoms in total. The smallest absolute Gasteiger partial charge is 0.339 e. The van der Waals surface area contributed by atoms with Crippen molar-refractivity contribution in [2.75, 3.05) is 11.5 Å². The largest absolute Gasteiger partial charge is 0.379 e. The zero-order chi connectivity index (χ0) is 18.1. The number of aromatic nitrogens is 1. The van der Waals surface area contributed by atoms with E-state index in [1.807, 2.05) is 35.7 Å². The van der Waals surface area contributed by atoms with Crippen LogP contribution >= 0.6 is 23.5 Å². The molecule has 1 saturated heterocycles. The Labute approximate surface area is 159 Å². The van der Waals surface area contributed by atoms with Crippen molar-refractivity contribution >= 4 is 44.5 Å². The molecule has 0 aliphatic carbocycles. The second-order valence-corrected chi connectivity index (χ2v) is 9.86. The van der Waals surface area contributed by atoms with Crippen molar-refractivity contribution in [1.82, 2.24) is 4.98 Å². The molecule has 1 fully saturated rings. The first-order chi connectivity index (χ1) is 12.5. The number of pyridine rings is 1. The third-order valence-corrected chi connectivity index (χ3v) is 8.34. The number of hydrogen-bond donors (Lipinski definition) is 0. The Kier molecular flexibility index (Phi) is 4.81. The number of fused-ring (bicyclic) bond motifs is 1. The number of nitrogens with zero attached hydrogens (tertiary/aromatic N) is 1. The molecule has 4 rings (SSSR count). The summed E-state index contributed by atoms with van der Waals surface area (Å²) in [5, 5.41) is 0.197. The van der Waals surface area contributed by atoms with Crippen molar-refractivity contribution in [3.8, 4) is 5.75 Å². The van der Waals surface area contributed by atoms with E-state index in [0.29, 0.717) is 4.58 Å². The maximum atomic E-state index is 13.9. The van der Waals surface area contributed by atoms with Crippen LogP contribution in [0.1, 0.15) is 10.1 Å². The summed E-state index contributed by atoms with van der Waals surface area (Å²) in [4.78, 5) is 3.81. The first kappa shape index (κ1) is 17.6. The van der Waals surface area contributed by atoms with E-state index in [4.69, 9.17) is 4.18 Å². The molecule has 1 aromatic heterocycles. The minimum Gasteiger partial charge on any atom is -0.379 e. The van der Waals surface area contributed by atoms with E-state index in [2.05, 4.69) is 4.98 Å². The van der Waals surface area contributed by atoms with Crippen LogP contribution < -0.4 is 4.18 Å². The Morgan fingerprint density at radius 2 is 1.77 bits per heavy atom. The molecule has 2 heterocycles. The van der Waals surface area contributed by atoms with Crippen molar-refractivity contribution in [1.29, 1.82) is 0 Å². The monoisotopic (exact) mass is 407 g/mol. The molecule has 26 heavy (non-hydrogen) atoms. The van der Waals surface area contributed by atoms with E-state index in [-0.39, 0.29) is 21.5 Å². The summed E-state index contributed by atoms with van der Waals surface area (Å²) in [6.07, 6.45) is 1.42. The van der Waals surface area contributed by atoms with Gasteiger partial charge in [0.1, 0.15) is 22.0 Å².